The third-order valence-corrected chi connectivity index (χ3v) is 6.27. The van der Waals surface area contributed by atoms with Crippen LogP contribution in [-0.2, 0) is 27.8 Å². The smallest absolute Gasteiger partial charge is 0.241 e. The molecule has 6 nitrogen and oxygen atoms in total. The van der Waals surface area contributed by atoms with Crippen molar-refractivity contribution in [3.05, 3.63) is 95.8 Å². The van der Waals surface area contributed by atoms with Gasteiger partial charge in [-0.3, -0.25) is 9.78 Å². The number of sulfonamides is 1. The number of aromatic nitrogens is 1. The van der Waals surface area contributed by atoms with Crippen LogP contribution in [-0.4, -0.2) is 19.3 Å². The number of hydrogen-bond acceptors (Lipinski definition) is 4. The molecule has 3 rings (SSSR count). The molecule has 7 heteroatoms. The molecule has 0 aliphatic carbocycles. The van der Waals surface area contributed by atoms with Crippen molar-refractivity contribution in [2.45, 2.75) is 37.2 Å². The van der Waals surface area contributed by atoms with Crippen LogP contribution >= 0.6 is 0 Å². The van der Waals surface area contributed by atoms with Crippen molar-refractivity contribution in [1.29, 1.82) is 0 Å². The molecule has 0 saturated heterocycles. The highest BCUT2D eigenvalue weighted by atomic mass is 32.2. The summed E-state index contributed by atoms with van der Waals surface area (Å²) in [6, 6.07) is 19.4. The first-order chi connectivity index (χ1) is 14.4. The predicted octanol–water partition coefficient (Wildman–Crippen LogP) is 3.37. The van der Waals surface area contributed by atoms with Gasteiger partial charge in [-0.25, -0.2) is 13.1 Å². The molecule has 2 N–H and O–H groups in total. The zero-order valence-electron chi connectivity index (χ0n) is 16.8. The van der Waals surface area contributed by atoms with Gasteiger partial charge in [0.25, 0.3) is 0 Å². The zero-order valence-corrected chi connectivity index (χ0v) is 17.6. The maximum atomic E-state index is 12.6. The molecular formula is C23H25N3O3S. The highest BCUT2D eigenvalue weighted by molar-refractivity contribution is 7.89. The van der Waals surface area contributed by atoms with Crippen LogP contribution in [0.15, 0.2) is 84.0 Å². The van der Waals surface area contributed by atoms with E-state index in [1.807, 2.05) is 49.4 Å². The van der Waals surface area contributed by atoms with Crippen molar-refractivity contribution in [3.63, 3.8) is 0 Å². The molecule has 0 unspecified atom stereocenters. The summed E-state index contributed by atoms with van der Waals surface area (Å²) < 4.78 is 28.0. The average molecular weight is 424 g/mol. The minimum Gasteiger partial charge on any atom is -0.352 e. The molecule has 0 saturated carbocycles. The standard InChI is InChI=1S/C23H25N3O3S/c1-18(21-7-3-2-4-8-21)26-30(28,29)22-12-9-19(10-13-22)11-14-23(27)25-17-20-6-5-15-24-16-20/h2-10,12-13,15-16,18,26H,11,14,17H2,1H3,(H,25,27)/t18-/m0/s1. The number of amides is 1. The first-order valence-electron chi connectivity index (χ1n) is 9.76. The van der Waals surface area contributed by atoms with Crippen LogP contribution in [0.5, 0.6) is 0 Å². The normalized spacial score (nSPS) is 12.3. The lowest BCUT2D eigenvalue weighted by Crippen LogP contribution is -2.26. The molecule has 1 aromatic heterocycles. The maximum Gasteiger partial charge on any atom is 0.241 e. The van der Waals surface area contributed by atoms with E-state index >= 15 is 0 Å². The molecule has 2 aromatic carbocycles. The minimum absolute atomic E-state index is 0.0612. The monoisotopic (exact) mass is 423 g/mol. The fraction of sp³-hybridized carbons (Fsp3) is 0.217. The highest BCUT2D eigenvalue weighted by Crippen LogP contribution is 2.17. The summed E-state index contributed by atoms with van der Waals surface area (Å²) in [5.41, 5.74) is 2.74. The molecule has 3 aromatic rings. The van der Waals surface area contributed by atoms with Crippen molar-refractivity contribution in [2.75, 3.05) is 0 Å². The van der Waals surface area contributed by atoms with E-state index < -0.39 is 10.0 Å². The molecule has 0 bridgehead atoms. The lowest BCUT2D eigenvalue weighted by Gasteiger charge is -2.15. The number of carbonyl (C=O) groups is 1. The Kier molecular flexibility index (Phi) is 7.32. The second-order valence-corrected chi connectivity index (χ2v) is 8.75. The number of benzene rings is 2. The summed E-state index contributed by atoms with van der Waals surface area (Å²) in [7, 11) is -3.63. The van der Waals surface area contributed by atoms with Crippen molar-refractivity contribution >= 4 is 15.9 Å². The van der Waals surface area contributed by atoms with Gasteiger partial charge in [0.15, 0.2) is 0 Å². The number of hydrogen-bond donors (Lipinski definition) is 2. The van der Waals surface area contributed by atoms with E-state index in [4.69, 9.17) is 0 Å². The quantitative estimate of drug-likeness (QED) is 0.552. The fourth-order valence-electron chi connectivity index (χ4n) is 3.00. The van der Waals surface area contributed by atoms with E-state index in [9.17, 15) is 13.2 Å². The van der Waals surface area contributed by atoms with Gasteiger partial charge >= 0.3 is 0 Å². The molecular weight excluding hydrogens is 398 g/mol. The molecule has 1 atom stereocenters. The lowest BCUT2D eigenvalue weighted by molar-refractivity contribution is -0.121. The summed E-state index contributed by atoms with van der Waals surface area (Å²) in [5, 5.41) is 2.86. The number of carbonyl (C=O) groups excluding carboxylic acids is 1. The number of aryl methyl sites for hydroxylation is 1. The SMILES string of the molecule is C[C@H](NS(=O)(=O)c1ccc(CCC(=O)NCc2cccnc2)cc1)c1ccccc1. The second kappa shape index (κ2) is 10.1. The van der Waals surface area contributed by atoms with E-state index in [-0.39, 0.29) is 16.8 Å². The van der Waals surface area contributed by atoms with Gasteiger partial charge in [-0.1, -0.05) is 48.5 Å². The van der Waals surface area contributed by atoms with Crippen molar-refractivity contribution in [3.8, 4) is 0 Å². The molecule has 0 aliphatic rings. The number of nitrogens with one attached hydrogen (secondary N) is 2. The van der Waals surface area contributed by atoms with Crippen LogP contribution in [0.1, 0.15) is 36.1 Å². The summed E-state index contributed by atoms with van der Waals surface area (Å²) >= 11 is 0. The third-order valence-electron chi connectivity index (χ3n) is 4.72. The van der Waals surface area contributed by atoms with Gasteiger partial charge in [0, 0.05) is 31.4 Å². The van der Waals surface area contributed by atoms with Gasteiger partial charge in [0.05, 0.1) is 4.90 Å². The molecule has 30 heavy (non-hydrogen) atoms. The Bertz CT molecular complexity index is 1050. The average Bonchev–Trinajstić information content (AvgIpc) is 2.77. The Balaban J connectivity index is 1.52. The van der Waals surface area contributed by atoms with Crippen LogP contribution in [0.3, 0.4) is 0 Å². The summed E-state index contributed by atoms with van der Waals surface area (Å²) in [6.45, 7) is 2.25. The Morgan fingerprint density at radius 2 is 1.70 bits per heavy atom. The van der Waals surface area contributed by atoms with Crippen molar-refractivity contribution in [2.24, 2.45) is 0 Å². The highest BCUT2D eigenvalue weighted by Gasteiger charge is 2.18. The van der Waals surface area contributed by atoms with E-state index in [1.54, 1.807) is 36.7 Å². The maximum absolute atomic E-state index is 12.6. The van der Waals surface area contributed by atoms with Crippen molar-refractivity contribution < 1.29 is 13.2 Å². The Hall–Kier alpha value is -3.03. The van der Waals surface area contributed by atoms with Gasteiger partial charge in [-0.05, 0) is 48.2 Å². The molecule has 0 spiro atoms. The number of nitrogens with zero attached hydrogens (tertiary/aromatic N) is 1. The van der Waals surface area contributed by atoms with Gasteiger partial charge in [-0.2, -0.15) is 0 Å². The number of pyridine rings is 1. The third kappa shape index (κ3) is 6.23. The molecule has 1 heterocycles. The van der Waals surface area contributed by atoms with Gasteiger partial charge in [0.1, 0.15) is 0 Å². The summed E-state index contributed by atoms with van der Waals surface area (Å²) in [4.78, 5) is 16.3. The molecule has 0 aliphatic heterocycles. The van der Waals surface area contributed by atoms with E-state index in [0.717, 1.165) is 16.7 Å². The topological polar surface area (TPSA) is 88.2 Å². The van der Waals surface area contributed by atoms with Crippen molar-refractivity contribution in [1.82, 2.24) is 15.0 Å². The number of rotatable bonds is 9. The Morgan fingerprint density at radius 1 is 0.967 bits per heavy atom. The van der Waals surface area contributed by atoms with Crippen LogP contribution < -0.4 is 10.0 Å². The predicted molar refractivity (Wildman–Crippen MR) is 116 cm³/mol. The first kappa shape index (κ1) is 21.7. The molecule has 1 amide bonds. The van der Waals surface area contributed by atoms with Crippen LogP contribution in [0.4, 0.5) is 0 Å². The second-order valence-electron chi connectivity index (χ2n) is 7.04. The zero-order chi connectivity index (χ0) is 21.4. The Morgan fingerprint density at radius 3 is 2.37 bits per heavy atom. The molecule has 0 radical (unpaired) electrons. The summed E-state index contributed by atoms with van der Waals surface area (Å²) in [6.07, 6.45) is 4.27. The van der Waals surface area contributed by atoms with E-state index in [1.165, 1.54) is 0 Å². The van der Waals surface area contributed by atoms with Gasteiger partial charge in [0.2, 0.25) is 15.9 Å². The molecule has 156 valence electrons. The minimum atomic E-state index is -3.63. The lowest BCUT2D eigenvalue weighted by atomic mass is 10.1. The van der Waals surface area contributed by atoms with Gasteiger partial charge in [-0.15, -0.1) is 0 Å². The molecule has 0 fully saturated rings. The van der Waals surface area contributed by atoms with Crippen LogP contribution in [0, 0.1) is 0 Å². The van der Waals surface area contributed by atoms with E-state index in [2.05, 4.69) is 15.0 Å². The van der Waals surface area contributed by atoms with Crippen LogP contribution in [0.25, 0.3) is 0 Å². The largest absolute Gasteiger partial charge is 0.352 e. The van der Waals surface area contributed by atoms with Crippen LogP contribution in [0.2, 0.25) is 0 Å². The van der Waals surface area contributed by atoms with Gasteiger partial charge < -0.3 is 5.32 Å². The Labute approximate surface area is 177 Å². The fourth-order valence-corrected chi connectivity index (χ4v) is 4.23. The first-order valence-corrected chi connectivity index (χ1v) is 11.2. The van der Waals surface area contributed by atoms with E-state index in [0.29, 0.717) is 19.4 Å². The summed E-state index contributed by atoms with van der Waals surface area (Å²) in [5.74, 6) is -0.0612.